The van der Waals surface area contributed by atoms with E-state index < -0.39 is 17.0 Å². The predicted molar refractivity (Wildman–Crippen MR) is 152 cm³/mol. The number of rotatable bonds is 16. The first-order chi connectivity index (χ1) is 18.2. The summed E-state index contributed by atoms with van der Waals surface area (Å²) in [5.74, 6) is 2.24. The smallest absolute Gasteiger partial charge is 0.253 e. The summed E-state index contributed by atoms with van der Waals surface area (Å²) >= 11 is 0. The van der Waals surface area contributed by atoms with E-state index in [1.54, 1.807) is 14.2 Å². The fourth-order valence-electron chi connectivity index (χ4n) is 5.04. The Hall–Kier alpha value is -2.62. The largest absolute Gasteiger partial charge is 0.493 e. The normalized spacial score (nSPS) is 17.6. The molecular weight excluding hydrogens is 486 g/mol. The maximum absolute atomic E-state index is 12.5. The number of piperidine rings is 1. The lowest BCUT2D eigenvalue weighted by atomic mass is 9.90. The molecule has 2 aromatic carbocycles. The first-order valence-corrected chi connectivity index (χ1v) is 13.8. The van der Waals surface area contributed by atoms with Crippen LogP contribution in [0.2, 0.25) is 0 Å². The Labute approximate surface area is 226 Å². The molecule has 0 radical (unpaired) electrons. The molecule has 3 atom stereocenters. The molecule has 1 fully saturated rings. The van der Waals surface area contributed by atoms with Crippen molar-refractivity contribution in [1.29, 1.82) is 0 Å². The third-order valence-electron chi connectivity index (χ3n) is 7.28. The zero-order valence-electron chi connectivity index (χ0n) is 23.3. The molecule has 9 nitrogen and oxygen atoms in total. The maximum atomic E-state index is 12.5. The molecule has 1 aliphatic heterocycles. The number of aliphatic hydroxyl groups is 1. The van der Waals surface area contributed by atoms with E-state index in [9.17, 15) is 14.7 Å². The Morgan fingerprint density at radius 2 is 1.92 bits per heavy atom. The van der Waals surface area contributed by atoms with E-state index in [2.05, 4.69) is 19.2 Å². The first-order valence-electron chi connectivity index (χ1n) is 13.8. The van der Waals surface area contributed by atoms with E-state index in [-0.39, 0.29) is 12.6 Å². The maximum Gasteiger partial charge on any atom is 0.253 e. The van der Waals surface area contributed by atoms with Crippen LogP contribution in [0.25, 0.3) is 0 Å². The number of aliphatic hydroxyl groups excluding tert-OH is 1. The van der Waals surface area contributed by atoms with Gasteiger partial charge in [0.1, 0.15) is 11.4 Å². The second-order valence-electron chi connectivity index (χ2n) is 10.8. The van der Waals surface area contributed by atoms with Crippen LogP contribution >= 0.6 is 0 Å². The molecule has 212 valence electrons. The van der Waals surface area contributed by atoms with E-state index in [1.807, 2.05) is 23.1 Å². The number of ether oxygens (including phenoxy) is 3. The van der Waals surface area contributed by atoms with Gasteiger partial charge in [0.05, 0.1) is 19.8 Å². The molecule has 0 unspecified atom stereocenters. The van der Waals surface area contributed by atoms with Crippen molar-refractivity contribution in [2.75, 3.05) is 57.3 Å². The highest BCUT2D eigenvalue weighted by molar-refractivity contribution is 5.75. The van der Waals surface area contributed by atoms with Gasteiger partial charge in [-0.15, -0.1) is 0 Å². The van der Waals surface area contributed by atoms with Gasteiger partial charge >= 0.3 is 0 Å². The van der Waals surface area contributed by atoms with Gasteiger partial charge in [0.25, 0.3) is 10.9 Å². The molecule has 0 bridgehead atoms. The van der Waals surface area contributed by atoms with Crippen molar-refractivity contribution < 1.29 is 19.3 Å². The summed E-state index contributed by atoms with van der Waals surface area (Å²) in [4.78, 5) is 26.9. The third-order valence-corrected chi connectivity index (χ3v) is 7.28. The first kappa shape index (κ1) is 29.9. The topological polar surface area (TPSA) is 123 Å². The molecule has 1 heterocycles. The van der Waals surface area contributed by atoms with Crippen molar-refractivity contribution in [2.45, 2.75) is 64.5 Å². The van der Waals surface area contributed by atoms with Gasteiger partial charge in [-0.2, -0.15) is 0 Å². The van der Waals surface area contributed by atoms with Crippen LogP contribution in [0.4, 0.5) is 11.4 Å². The van der Waals surface area contributed by atoms with Crippen LogP contribution in [0.1, 0.15) is 51.5 Å². The molecule has 38 heavy (non-hydrogen) atoms. The zero-order valence-corrected chi connectivity index (χ0v) is 23.3. The van der Waals surface area contributed by atoms with E-state index in [0.29, 0.717) is 60.9 Å². The van der Waals surface area contributed by atoms with E-state index in [4.69, 9.17) is 19.9 Å². The fraction of sp³-hybridized carbons (Fsp3) is 0.655. The second-order valence-corrected chi connectivity index (χ2v) is 10.8. The molecule has 4 N–H and O–H groups in total. The Morgan fingerprint density at radius 3 is 2.63 bits per heavy atom. The van der Waals surface area contributed by atoms with E-state index in [0.717, 1.165) is 44.2 Å². The second kappa shape index (κ2) is 14.5. The van der Waals surface area contributed by atoms with Crippen molar-refractivity contribution in [1.82, 2.24) is 0 Å². The van der Waals surface area contributed by atoms with Crippen LogP contribution in [-0.2, 0) is 11.2 Å². The van der Waals surface area contributed by atoms with Crippen LogP contribution in [0.3, 0.4) is 0 Å². The number of hydrogen-bond donors (Lipinski definition) is 3. The number of methoxy groups -OCH3 is 2. The molecule has 0 aromatic heterocycles. The lowest BCUT2D eigenvalue weighted by molar-refractivity contribution is 0.149. The predicted octanol–water partition coefficient (Wildman–Crippen LogP) is 2.70. The Bertz CT molecular complexity index is 1080. The summed E-state index contributed by atoms with van der Waals surface area (Å²) in [6.07, 6.45) is 4.43. The molecule has 3 rings (SSSR count). The van der Waals surface area contributed by atoms with Crippen molar-refractivity contribution in [2.24, 2.45) is 17.6 Å². The molecule has 9 heteroatoms. The lowest BCUT2D eigenvalue weighted by Gasteiger charge is -2.36. The minimum atomic E-state index is -0.791. The molecular formula is C29H45N3O6. The molecule has 0 aliphatic carbocycles. The Kier molecular flexibility index (Phi) is 11.4. The number of nitrogens with two attached hydrogens (primary N) is 1. The summed E-state index contributed by atoms with van der Waals surface area (Å²) in [5, 5.41) is 13.5. The highest BCUT2D eigenvalue weighted by Gasteiger charge is 2.30. The Morgan fingerprint density at radius 1 is 1.13 bits per heavy atom. The lowest BCUT2D eigenvalue weighted by Crippen LogP contribution is -2.48. The molecule has 0 amide bonds. The van der Waals surface area contributed by atoms with Gasteiger partial charge in [-0.3, -0.25) is 9.59 Å². The van der Waals surface area contributed by atoms with Gasteiger partial charge in [0, 0.05) is 45.8 Å². The minimum Gasteiger partial charge on any atom is -0.493 e. The number of anilines is 2. The van der Waals surface area contributed by atoms with Gasteiger partial charge in [0.2, 0.25) is 0 Å². The highest BCUT2D eigenvalue weighted by atomic mass is 16.5. The Balaban J connectivity index is 1.61. The summed E-state index contributed by atoms with van der Waals surface area (Å²) in [6.45, 7) is 6.97. The minimum absolute atomic E-state index is 0.146. The van der Waals surface area contributed by atoms with Gasteiger partial charge < -0.3 is 35.3 Å². The van der Waals surface area contributed by atoms with Gasteiger partial charge in [-0.25, -0.2) is 0 Å². The molecule has 0 saturated carbocycles. The number of nitrogens with one attached hydrogen (secondary N) is 1. The van der Waals surface area contributed by atoms with Gasteiger partial charge in [-0.1, -0.05) is 19.9 Å². The highest BCUT2D eigenvalue weighted by Crippen LogP contribution is 2.32. The van der Waals surface area contributed by atoms with E-state index in [1.165, 1.54) is 0 Å². The van der Waals surface area contributed by atoms with Gasteiger partial charge in [0.15, 0.2) is 11.5 Å². The molecule has 0 spiro atoms. The third kappa shape index (κ3) is 7.94. The SMILES string of the molecule is COCCCOc1cc(C[C@@H]2CCCN(c3c(NC[C@H](O)[C@@H](N)CCC(C)C)c(=O)c3=O)C2)ccc1OC. The number of nitrogens with zero attached hydrogens (tertiary/aromatic N) is 1. The number of benzene rings is 1. The average molecular weight is 532 g/mol. The van der Waals surface area contributed by atoms with Crippen molar-refractivity contribution in [3.05, 3.63) is 44.2 Å². The average Bonchev–Trinajstić information content (AvgIpc) is 2.91. The fourth-order valence-corrected chi connectivity index (χ4v) is 5.04. The van der Waals surface area contributed by atoms with Crippen LogP contribution in [-0.4, -0.2) is 64.3 Å². The van der Waals surface area contributed by atoms with Gasteiger partial charge in [-0.05, 0) is 61.6 Å². The van der Waals surface area contributed by atoms with Crippen molar-refractivity contribution in [3.63, 3.8) is 0 Å². The summed E-state index contributed by atoms with van der Waals surface area (Å²) in [7, 11) is 3.30. The summed E-state index contributed by atoms with van der Waals surface area (Å²) in [6, 6.07) is 5.63. The van der Waals surface area contributed by atoms with Crippen LogP contribution in [0, 0.1) is 11.8 Å². The van der Waals surface area contributed by atoms with Crippen molar-refractivity contribution >= 4 is 11.4 Å². The summed E-state index contributed by atoms with van der Waals surface area (Å²) in [5.41, 5.74) is 7.04. The van der Waals surface area contributed by atoms with Crippen LogP contribution < -0.4 is 36.3 Å². The standard InChI is InChI=1S/C29H45N3O6/c1-19(2)8-10-22(30)23(33)17-31-26-27(29(35)28(26)34)32-12-5-7-21(18-32)15-20-9-11-24(37-4)25(16-20)38-14-6-13-36-3/h9,11,16,19,21-23,31,33H,5-8,10,12-15,17-18,30H2,1-4H3/t21-,22-,23-/m0/s1. The summed E-state index contributed by atoms with van der Waals surface area (Å²) < 4.78 is 16.5. The monoisotopic (exact) mass is 531 g/mol. The molecule has 2 aromatic rings. The molecule has 1 saturated heterocycles. The van der Waals surface area contributed by atoms with Crippen LogP contribution in [0.5, 0.6) is 11.5 Å². The zero-order chi connectivity index (χ0) is 27.7. The van der Waals surface area contributed by atoms with Crippen LogP contribution in [0.15, 0.2) is 27.8 Å². The quantitative estimate of drug-likeness (QED) is 0.222. The van der Waals surface area contributed by atoms with E-state index >= 15 is 0 Å². The molecule has 1 aliphatic rings. The number of hydrogen-bond acceptors (Lipinski definition) is 9. The van der Waals surface area contributed by atoms with Crippen molar-refractivity contribution in [3.8, 4) is 11.5 Å².